The van der Waals surface area contributed by atoms with E-state index >= 15 is 0 Å². The van der Waals surface area contributed by atoms with Gasteiger partial charge in [0.05, 0.1) is 18.4 Å². The van der Waals surface area contributed by atoms with Gasteiger partial charge in [-0.1, -0.05) is 26.0 Å². The number of hydrogen-bond donors (Lipinski definition) is 4. The number of carbonyl (C=O) groups is 5. The third kappa shape index (κ3) is 7.78. The number of allylic oxidation sites excluding steroid dienone is 2. The van der Waals surface area contributed by atoms with E-state index in [0.717, 1.165) is 12.8 Å². The van der Waals surface area contributed by atoms with E-state index in [1.807, 2.05) is 19.9 Å². The molecule has 0 aliphatic carbocycles. The summed E-state index contributed by atoms with van der Waals surface area (Å²) in [7, 11) is 0. The van der Waals surface area contributed by atoms with E-state index in [2.05, 4.69) is 22.0 Å². The van der Waals surface area contributed by atoms with Crippen molar-refractivity contribution in [1.82, 2.24) is 20.9 Å². The monoisotopic (exact) mass is 533 g/mol. The minimum absolute atomic E-state index is 0.00654. The Morgan fingerprint density at radius 1 is 1.18 bits per heavy atom. The number of ether oxygens (including phenoxy) is 1. The molecule has 0 aromatic carbocycles. The molecule has 2 fully saturated rings. The van der Waals surface area contributed by atoms with Crippen LogP contribution in [-0.4, -0.2) is 78.9 Å². The lowest BCUT2D eigenvalue weighted by molar-refractivity contribution is -0.144. The molecule has 38 heavy (non-hydrogen) atoms. The molecule has 11 nitrogen and oxygen atoms in total. The Kier molecular flexibility index (Phi) is 10.3. The molecule has 0 radical (unpaired) electrons. The van der Waals surface area contributed by atoms with Gasteiger partial charge < -0.3 is 31.3 Å². The number of likely N-dealkylation sites (tertiary alicyclic amines) is 1. The maximum absolute atomic E-state index is 13.8. The van der Waals surface area contributed by atoms with Gasteiger partial charge in [0.1, 0.15) is 12.1 Å². The Hall–Kier alpha value is -2.95. The Bertz CT molecular complexity index is 911. The maximum Gasteiger partial charge on any atom is 0.245 e. The molecule has 5 amide bonds. The van der Waals surface area contributed by atoms with Gasteiger partial charge in [-0.15, -0.1) is 0 Å². The molecule has 3 aliphatic rings. The molecule has 3 heterocycles. The van der Waals surface area contributed by atoms with E-state index in [4.69, 9.17) is 10.5 Å². The molecule has 2 saturated heterocycles. The number of primary amides is 1. The summed E-state index contributed by atoms with van der Waals surface area (Å²) in [5.41, 5.74) is 4.51. The first kappa shape index (κ1) is 29.6. The second-order valence-corrected chi connectivity index (χ2v) is 11.3. The number of nitrogens with two attached hydrogens (primary N) is 1. The van der Waals surface area contributed by atoms with Gasteiger partial charge in [-0.3, -0.25) is 24.0 Å². The molecule has 0 aromatic rings. The van der Waals surface area contributed by atoms with E-state index in [-0.39, 0.29) is 49.2 Å². The topological polar surface area (TPSA) is 160 Å². The molecule has 3 rings (SSSR count). The van der Waals surface area contributed by atoms with Crippen LogP contribution in [0.5, 0.6) is 0 Å². The fourth-order valence-corrected chi connectivity index (χ4v) is 5.64. The number of hydrogen-bond acceptors (Lipinski definition) is 6. The highest BCUT2D eigenvalue weighted by molar-refractivity contribution is 5.92. The molecule has 212 valence electrons. The minimum Gasteiger partial charge on any atom is -0.381 e. The van der Waals surface area contributed by atoms with Gasteiger partial charge in [-0.2, -0.15) is 0 Å². The smallest absolute Gasteiger partial charge is 0.245 e. The van der Waals surface area contributed by atoms with Crippen molar-refractivity contribution < 1.29 is 28.7 Å². The van der Waals surface area contributed by atoms with Crippen LogP contribution in [0.1, 0.15) is 65.7 Å². The number of rotatable bonds is 6. The first-order valence-corrected chi connectivity index (χ1v) is 13.7. The summed E-state index contributed by atoms with van der Waals surface area (Å²) in [6.07, 6.45) is 7.10. The first-order valence-electron chi connectivity index (χ1n) is 13.7. The van der Waals surface area contributed by atoms with E-state index in [1.165, 1.54) is 6.92 Å². The van der Waals surface area contributed by atoms with Gasteiger partial charge in [0.2, 0.25) is 29.5 Å². The summed E-state index contributed by atoms with van der Waals surface area (Å²) < 4.78 is 5.67. The second kappa shape index (κ2) is 13.2. The Labute approximate surface area is 224 Å². The molecule has 0 saturated carbocycles. The fraction of sp³-hybridized carbons (Fsp3) is 0.741. The zero-order valence-corrected chi connectivity index (χ0v) is 22.8. The van der Waals surface area contributed by atoms with Crippen LogP contribution in [0.2, 0.25) is 0 Å². The van der Waals surface area contributed by atoms with Gasteiger partial charge in [-0.05, 0) is 44.4 Å². The molecule has 1 spiro atoms. The van der Waals surface area contributed by atoms with Crippen LogP contribution in [0.3, 0.4) is 0 Å². The van der Waals surface area contributed by atoms with Gasteiger partial charge in [0, 0.05) is 38.6 Å². The van der Waals surface area contributed by atoms with Crippen molar-refractivity contribution in [2.75, 3.05) is 26.3 Å². The fourth-order valence-electron chi connectivity index (χ4n) is 5.64. The second-order valence-electron chi connectivity index (χ2n) is 11.3. The van der Waals surface area contributed by atoms with Crippen molar-refractivity contribution >= 4 is 29.5 Å². The lowest BCUT2D eigenvalue weighted by atomic mass is 9.74. The van der Waals surface area contributed by atoms with Crippen LogP contribution in [0, 0.1) is 17.3 Å². The predicted octanol–water partition coefficient (Wildman–Crippen LogP) is 0.378. The maximum atomic E-state index is 13.8. The van der Waals surface area contributed by atoms with E-state index in [9.17, 15) is 24.0 Å². The standard InChI is InChI=1S/C27H43N5O6/c1-17(2)14-21-24(35)30-20-7-13-38-16-19(20)6-4-5-8-27(26(37)31-21)9-11-32(12-10-27)25(36)22(15-23(28)34)29-18(3)33/h4-5,17,19-22H,6-16H2,1-3H3,(H2,28,34)(H,29,33)(H,30,35)(H,31,37)/b5-4+/t19-,20+,21-,22+/m0/s1. The van der Waals surface area contributed by atoms with Gasteiger partial charge in [0.25, 0.3) is 0 Å². The van der Waals surface area contributed by atoms with E-state index < -0.39 is 35.2 Å². The number of piperidine rings is 1. The van der Waals surface area contributed by atoms with Crippen LogP contribution >= 0.6 is 0 Å². The Morgan fingerprint density at radius 3 is 2.53 bits per heavy atom. The number of fused-ring (bicyclic) bond motifs is 1. The average Bonchev–Trinajstić information content (AvgIpc) is 2.85. The number of amides is 5. The van der Waals surface area contributed by atoms with Crippen molar-refractivity contribution in [3.05, 3.63) is 12.2 Å². The summed E-state index contributed by atoms with van der Waals surface area (Å²) in [5, 5.41) is 8.74. The molecule has 11 heteroatoms. The van der Waals surface area contributed by atoms with Crippen molar-refractivity contribution in [2.45, 2.75) is 83.8 Å². The Morgan fingerprint density at radius 2 is 1.89 bits per heavy atom. The highest BCUT2D eigenvalue weighted by atomic mass is 16.5. The van der Waals surface area contributed by atoms with Crippen LogP contribution < -0.4 is 21.7 Å². The lowest BCUT2D eigenvalue weighted by Gasteiger charge is -2.42. The molecule has 4 atom stereocenters. The molecule has 0 bridgehead atoms. The van der Waals surface area contributed by atoms with Gasteiger partial charge >= 0.3 is 0 Å². The molecular formula is C27H43N5O6. The number of nitrogens with one attached hydrogen (secondary N) is 3. The summed E-state index contributed by atoms with van der Waals surface area (Å²) in [6, 6.07) is -1.67. The largest absolute Gasteiger partial charge is 0.381 e. The molecule has 0 unspecified atom stereocenters. The third-order valence-electron chi connectivity index (χ3n) is 7.84. The molecule has 0 aromatic heterocycles. The summed E-state index contributed by atoms with van der Waals surface area (Å²) in [4.78, 5) is 64.8. The van der Waals surface area contributed by atoms with Crippen molar-refractivity contribution in [3.63, 3.8) is 0 Å². The molecular weight excluding hydrogens is 490 g/mol. The summed E-state index contributed by atoms with van der Waals surface area (Å²) >= 11 is 0. The zero-order valence-electron chi connectivity index (χ0n) is 22.8. The van der Waals surface area contributed by atoms with Crippen molar-refractivity contribution in [2.24, 2.45) is 23.0 Å². The minimum atomic E-state index is -1.03. The average molecular weight is 534 g/mol. The first-order chi connectivity index (χ1) is 18.0. The van der Waals surface area contributed by atoms with Crippen molar-refractivity contribution in [3.8, 4) is 0 Å². The summed E-state index contributed by atoms with van der Waals surface area (Å²) in [5.74, 6) is -1.48. The lowest BCUT2D eigenvalue weighted by Crippen LogP contribution is -2.58. The number of carbonyl (C=O) groups excluding carboxylic acids is 5. The highest BCUT2D eigenvalue weighted by Crippen LogP contribution is 2.37. The van der Waals surface area contributed by atoms with Gasteiger partial charge in [0.15, 0.2) is 0 Å². The van der Waals surface area contributed by atoms with Crippen LogP contribution in [0.15, 0.2) is 12.2 Å². The molecule has 5 N–H and O–H groups in total. The van der Waals surface area contributed by atoms with E-state index in [1.54, 1.807) is 4.90 Å². The van der Waals surface area contributed by atoms with Crippen LogP contribution in [-0.2, 0) is 28.7 Å². The van der Waals surface area contributed by atoms with Crippen LogP contribution in [0.4, 0.5) is 0 Å². The van der Waals surface area contributed by atoms with Crippen molar-refractivity contribution in [1.29, 1.82) is 0 Å². The van der Waals surface area contributed by atoms with Crippen LogP contribution in [0.25, 0.3) is 0 Å². The highest BCUT2D eigenvalue weighted by Gasteiger charge is 2.44. The Balaban J connectivity index is 1.79. The predicted molar refractivity (Wildman–Crippen MR) is 140 cm³/mol. The van der Waals surface area contributed by atoms with Gasteiger partial charge in [-0.25, -0.2) is 0 Å². The SMILES string of the molecule is CC(=O)N[C@H](CC(N)=O)C(=O)N1CCC2(C/C=C/C[C@H]3COCC[C@H]3NC(=O)[C@H](CC(C)C)NC2=O)CC1. The molecule has 3 aliphatic heterocycles. The van der Waals surface area contributed by atoms with E-state index in [0.29, 0.717) is 38.9 Å². The third-order valence-corrected chi connectivity index (χ3v) is 7.84. The summed E-state index contributed by atoms with van der Waals surface area (Å²) in [6.45, 7) is 7.08. The zero-order chi connectivity index (χ0) is 27.9. The normalized spacial score (nSPS) is 27.7. The quantitative estimate of drug-likeness (QED) is 0.361. The number of nitrogens with zero attached hydrogens (tertiary/aromatic N) is 1.